The van der Waals surface area contributed by atoms with Gasteiger partial charge in [-0.2, -0.15) is 0 Å². The average Bonchev–Trinajstić information content (AvgIpc) is 2.48. The van der Waals surface area contributed by atoms with E-state index in [1.54, 1.807) is 7.11 Å². The molecule has 19 heavy (non-hydrogen) atoms. The molecule has 1 atom stereocenters. The number of ether oxygens (including phenoxy) is 1. The maximum atomic E-state index is 12.2. The molecule has 1 aromatic carbocycles. The summed E-state index contributed by atoms with van der Waals surface area (Å²) in [5.41, 5.74) is 7.10. The number of nitrogens with zero attached hydrogens (tertiary/aromatic N) is 1. The van der Waals surface area contributed by atoms with E-state index in [0.717, 1.165) is 37.2 Å². The van der Waals surface area contributed by atoms with E-state index in [4.69, 9.17) is 10.5 Å². The Morgan fingerprint density at radius 3 is 2.47 bits per heavy atom. The van der Waals surface area contributed by atoms with E-state index >= 15 is 0 Å². The van der Waals surface area contributed by atoms with Crippen molar-refractivity contribution in [3.8, 4) is 5.75 Å². The molecule has 2 N–H and O–H groups in total. The fraction of sp³-hybridized carbons (Fsp3) is 0.533. The van der Waals surface area contributed by atoms with Gasteiger partial charge in [0.1, 0.15) is 5.75 Å². The number of nitrogens with two attached hydrogens (primary N) is 1. The number of hydrogen-bond donors (Lipinski definition) is 1. The zero-order valence-electron chi connectivity index (χ0n) is 11.5. The van der Waals surface area contributed by atoms with Crippen LogP contribution in [0.4, 0.5) is 0 Å². The SMILES string of the molecule is COc1ccc(C[C@@H](N)C(=O)N2CCCCC2)cc1. The zero-order valence-corrected chi connectivity index (χ0v) is 11.5. The first-order valence-corrected chi connectivity index (χ1v) is 6.88. The van der Waals surface area contributed by atoms with Crippen molar-refractivity contribution in [1.29, 1.82) is 0 Å². The third-order valence-corrected chi connectivity index (χ3v) is 3.60. The molecular formula is C15H22N2O2. The number of rotatable bonds is 4. The fourth-order valence-corrected chi connectivity index (χ4v) is 2.45. The molecule has 1 saturated heterocycles. The van der Waals surface area contributed by atoms with Crippen molar-refractivity contribution in [3.63, 3.8) is 0 Å². The van der Waals surface area contributed by atoms with E-state index in [0.29, 0.717) is 6.42 Å². The summed E-state index contributed by atoms with van der Waals surface area (Å²) in [6, 6.07) is 7.28. The largest absolute Gasteiger partial charge is 0.497 e. The van der Waals surface area contributed by atoms with E-state index in [1.165, 1.54) is 6.42 Å². The molecule has 0 aliphatic carbocycles. The van der Waals surface area contributed by atoms with Crippen molar-refractivity contribution in [2.24, 2.45) is 5.73 Å². The van der Waals surface area contributed by atoms with Crippen LogP contribution in [0.2, 0.25) is 0 Å². The second kappa shape index (κ2) is 6.57. The second-order valence-corrected chi connectivity index (χ2v) is 5.04. The van der Waals surface area contributed by atoms with Crippen molar-refractivity contribution in [2.75, 3.05) is 20.2 Å². The molecule has 1 aromatic rings. The summed E-state index contributed by atoms with van der Waals surface area (Å²) in [6.45, 7) is 1.71. The normalized spacial score (nSPS) is 17.1. The fourth-order valence-electron chi connectivity index (χ4n) is 2.45. The number of likely N-dealkylation sites (tertiary alicyclic amines) is 1. The quantitative estimate of drug-likeness (QED) is 0.896. The lowest BCUT2D eigenvalue weighted by Gasteiger charge is -2.29. The summed E-state index contributed by atoms with van der Waals surface area (Å²) in [4.78, 5) is 14.1. The lowest BCUT2D eigenvalue weighted by atomic mass is 10.0. The van der Waals surface area contributed by atoms with Crippen LogP contribution in [-0.4, -0.2) is 37.0 Å². The van der Waals surface area contributed by atoms with Crippen LogP contribution in [0.3, 0.4) is 0 Å². The highest BCUT2D eigenvalue weighted by Gasteiger charge is 2.22. The molecule has 1 aliphatic rings. The molecule has 0 aromatic heterocycles. The number of hydrogen-bond acceptors (Lipinski definition) is 3. The third-order valence-electron chi connectivity index (χ3n) is 3.60. The Balaban J connectivity index is 1.91. The molecule has 104 valence electrons. The van der Waals surface area contributed by atoms with Gasteiger partial charge in [0.05, 0.1) is 13.2 Å². The Morgan fingerprint density at radius 1 is 1.26 bits per heavy atom. The first-order chi connectivity index (χ1) is 9.20. The maximum Gasteiger partial charge on any atom is 0.239 e. The van der Waals surface area contributed by atoms with Gasteiger partial charge in [-0.1, -0.05) is 12.1 Å². The van der Waals surface area contributed by atoms with Gasteiger partial charge in [-0.3, -0.25) is 4.79 Å². The molecule has 0 saturated carbocycles. The van der Waals surface area contributed by atoms with Crippen molar-refractivity contribution < 1.29 is 9.53 Å². The minimum absolute atomic E-state index is 0.0792. The molecule has 4 nitrogen and oxygen atoms in total. The van der Waals surface area contributed by atoms with Crippen LogP contribution < -0.4 is 10.5 Å². The highest BCUT2D eigenvalue weighted by Crippen LogP contribution is 2.14. The van der Waals surface area contributed by atoms with Crippen molar-refractivity contribution >= 4 is 5.91 Å². The van der Waals surface area contributed by atoms with Crippen LogP contribution in [-0.2, 0) is 11.2 Å². The molecular weight excluding hydrogens is 240 g/mol. The number of benzene rings is 1. The Morgan fingerprint density at radius 2 is 1.89 bits per heavy atom. The average molecular weight is 262 g/mol. The van der Waals surface area contributed by atoms with Gasteiger partial charge in [-0.25, -0.2) is 0 Å². The number of amides is 1. The molecule has 1 amide bonds. The van der Waals surface area contributed by atoms with Gasteiger partial charge in [-0.15, -0.1) is 0 Å². The highest BCUT2D eigenvalue weighted by molar-refractivity contribution is 5.82. The second-order valence-electron chi connectivity index (χ2n) is 5.04. The Kier molecular flexibility index (Phi) is 4.80. The lowest BCUT2D eigenvalue weighted by Crippen LogP contribution is -2.46. The first-order valence-electron chi connectivity index (χ1n) is 6.88. The first kappa shape index (κ1) is 13.9. The predicted octanol–water partition coefficient (Wildman–Crippen LogP) is 1.58. The minimum Gasteiger partial charge on any atom is -0.497 e. The summed E-state index contributed by atoms with van der Waals surface area (Å²) < 4.78 is 5.11. The molecule has 0 spiro atoms. The summed E-state index contributed by atoms with van der Waals surface area (Å²) in [6.07, 6.45) is 4.00. The van der Waals surface area contributed by atoms with Crippen LogP contribution in [0.15, 0.2) is 24.3 Å². The summed E-state index contributed by atoms with van der Waals surface area (Å²) in [5.74, 6) is 0.898. The van der Waals surface area contributed by atoms with Gasteiger partial charge in [0.25, 0.3) is 0 Å². The number of piperidine rings is 1. The summed E-state index contributed by atoms with van der Waals surface area (Å²) in [5, 5.41) is 0. The molecule has 4 heteroatoms. The Hall–Kier alpha value is -1.55. The monoisotopic (exact) mass is 262 g/mol. The van der Waals surface area contributed by atoms with Crippen LogP contribution in [0, 0.1) is 0 Å². The number of carbonyl (C=O) groups is 1. The van der Waals surface area contributed by atoms with Crippen LogP contribution in [0.1, 0.15) is 24.8 Å². The maximum absolute atomic E-state index is 12.2. The molecule has 1 aliphatic heterocycles. The number of methoxy groups -OCH3 is 1. The van der Waals surface area contributed by atoms with Crippen LogP contribution in [0.5, 0.6) is 5.75 Å². The van der Waals surface area contributed by atoms with Crippen molar-refractivity contribution in [3.05, 3.63) is 29.8 Å². The van der Waals surface area contributed by atoms with Crippen LogP contribution in [0.25, 0.3) is 0 Å². The van der Waals surface area contributed by atoms with E-state index in [1.807, 2.05) is 29.2 Å². The van der Waals surface area contributed by atoms with Crippen molar-refractivity contribution in [1.82, 2.24) is 4.90 Å². The third kappa shape index (κ3) is 3.70. The zero-order chi connectivity index (χ0) is 13.7. The summed E-state index contributed by atoms with van der Waals surface area (Å²) >= 11 is 0. The topological polar surface area (TPSA) is 55.6 Å². The smallest absolute Gasteiger partial charge is 0.239 e. The molecule has 1 fully saturated rings. The standard InChI is InChI=1S/C15H22N2O2/c1-19-13-7-5-12(6-8-13)11-14(16)15(18)17-9-3-2-4-10-17/h5-8,14H,2-4,9-11,16H2,1H3/t14-/m1/s1. The lowest BCUT2D eigenvalue weighted by molar-refractivity contribution is -0.133. The molecule has 0 bridgehead atoms. The van der Waals surface area contributed by atoms with Gasteiger partial charge in [-0.05, 0) is 43.4 Å². The van der Waals surface area contributed by atoms with Gasteiger partial charge in [0.2, 0.25) is 5.91 Å². The van der Waals surface area contributed by atoms with Crippen LogP contribution >= 0.6 is 0 Å². The van der Waals surface area contributed by atoms with Gasteiger partial charge in [0.15, 0.2) is 0 Å². The molecule has 2 rings (SSSR count). The molecule has 0 unspecified atom stereocenters. The minimum atomic E-state index is -0.438. The van der Waals surface area contributed by atoms with E-state index in [2.05, 4.69) is 0 Å². The van der Waals surface area contributed by atoms with E-state index in [9.17, 15) is 4.79 Å². The predicted molar refractivity (Wildman–Crippen MR) is 75.1 cm³/mol. The number of carbonyl (C=O) groups excluding carboxylic acids is 1. The highest BCUT2D eigenvalue weighted by atomic mass is 16.5. The Bertz CT molecular complexity index is 411. The van der Waals surface area contributed by atoms with Crippen molar-refractivity contribution in [2.45, 2.75) is 31.7 Å². The van der Waals surface area contributed by atoms with E-state index in [-0.39, 0.29) is 5.91 Å². The van der Waals surface area contributed by atoms with Gasteiger partial charge >= 0.3 is 0 Å². The summed E-state index contributed by atoms with van der Waals surface area (Å²) in [7, 11) is 1.64. The van der Waals surface area contributed by atoms with Gasteiger partial charge < -0.3 is 15.4 Å². The van der Waals surface area contributed by atoms with Gasteiger partial charge in [0, 0.05) is 13.1 Å². The Labute approximate surface area is 114 Å². The van der Waals surface area contributed by atoms with E-state index < -0.39 is 6.04 Å². The molecule has 0 radical (unpaired) electrons. The molecule has 1 heterocycles.